The van der Waals surface area contributed by atoms with Crippen molar-refractivity contribution in [1.29, 1.82) is 0 Å². The minimum atomic E-state index is -0.490. The standard InChI is InChI=1S/C25H30FNO3/c1-29-22-8-4-6-19(23(22)30-15-20-5-2-3-7-21(20)26)14-27-24-10-17-9-18(11-24)13-25(28,12-17)16-24/h2-8,17-18,27-28H,9-16H2,1H3. The maximum Gasteiger partial charge on any atom is 0.166 e. The van der Waals surface area contributed by atoms with Gasteiger partial charge in [0.05, 0.1) is 12.7 Å². The molecule has 2 aromatic rings. The molecule has 160 valence electrons. The SMILES string of the molecule is COc1cccc(CNC23CC4CC(CC(O)(C4)C2)C3)c1OCc1ccccc1F. The van der Waals surface area contributed by atoms with Crippen LogP contribution in [0.2, 0.25) is 0 Å². The first kappa shape index (κ1) is 19.8. The molecule has 4 bridgehead atoms. The Morgan fingerprint density at radius 1 is 1.03 bits per heavy atom. The Hall–Kier alpha value is -2.11. The van der Waals surface area contributed by atoms with Gasteiger partial charge in [0.2, 0.25) is 0 Å². The maximum absolute atomic E-state index is 14.0. The molecule has 4 saturated carbocycles. The lowest BCUT2D eigenvalue weighted by Crippen LogP contribution is -2.64. The summed E-state index contributed by atoms with van der Waals surface area (Å²) in [5, 5.41) is 14.8. The van der Waals surface area contributed by atoms with Crippen LogP contribution < -0.4 is 14.8 Å². The second kappa shape index (κ2) is 7.54. The molecule has 0 aromatic heterocycles. The molecule has 0 aliphatic heterocycles. The van der Waals surface area contributed by atoms with Crippen molar-refractivity contribution in [3.05, 3.63) is 59.4 Å². The summed E-state index contributed by atoms with van der Waals surface area (Å²) in [5.41, 5.74) is 1.03. The van der Waals surface area contributed by atoms with Crippen molar-refractivity contribution in [1.82, 2.24) is 5.32 Å². The molecule has 4 aliphatic carbocycles. The quantitative estimate of drug-likeness (QED) is 0.700. The number of aliphatic hydroxyl groups is 1. The molecule has 6 rings (SSSR count). The van der Waals surface area contributed by atoms with Gasteiger partial charge in [0.1, 0.15) is 12.4 Å². The molecule has 2 unspecified atom stereocenters. The molecule has 0 saturated heterocycles. The number of hydrogen-bond donors (Lipinski definition) is 2. The van der Waals surface area contributed by atoms with Gasteiger partial charge < -0.3 is 19.9 Å². The number of rotatable bonds is 7. The van der Waals surface area contributed by atoms with E-state index < -0.39 is 5.60 Å². The molecule has 2 aromatic carbocycles. The first-order valence-electron chi connectivity index (χ1n) is 11.0. The summed E-state index contributed by atoms with van der Waals surface area (Å²) < 4.78 is 25.6. The summed E-state index contributed by atoms with van der Waals surface area (Å²) in [6.07, 6.45) is 6.30. The molecule has 4 nitrogen and oxygen atoms in total. The highest BCUT2D eigenvalue weighted by Gasteiger charge is 2.56. The number of para-hydroxylation sites is 1. The van der Waals surface area contributed by atoms with Crippen molar-refractivity contribution in [2.24, 2.45) is 11.8 Å². The Morgan fingerprint density at radius 2 is 1.77 bits per heavy atom. The van der Waals surface area contributed by atoms with Crippen LogP contribution in [0.25, 0.3) is 0 Å². The number of methoxy groups -OCH3 is 1. The topological polar surface area (TPSA) is 50.7 Å². The molecule has 4 aliphatic rings. The Balaban J connectivity index is 1.34. The molecule has 4 fully saturated rings. The largest absolute Gasteiger partial charge is 0.493 e. The van der Waals surface area contributed by atoms with E-state index in [1.54, 1.807) is 19.2 Å². The van der Waals surface area contributed by atoms with Crippen LogP contribution in [-0.2, 0) is 13.2 Å². The highest BCUT2D eigenvalue weighted by Crippen LogP contribution is 2.57. The van der Waals surface area contributed by atoms with E-state index in [1.165, 1.54) is 12.5 Å². The van der Waals surface area contributed by atoms with Gasteiger partial charge in [0, 0.05) is 23.2 Å². The van der Waals surface area contributed by atoms with Crippen molar-refractivity contribution in [2.45, 2.75) is 62.8 Å². The minimum absolute atomic E-state index is 0.00468. The lowest BCUT2D eigenvalue weighted by Gasteiger charge is -2.60. The van der Waals surface area contributed by atoms with Crippen LogP contribution >= 0.6 is 0 Å². The summed E-state index contributed by atoms with van der Waals surface area (Å²) in [6.45, 7) is 0.786. The average Bonchev–Trinajstić information content (AvgIpc) is 2.70. The van der Waals surface area contributed by atoms with Crippen molar-refractivity contribution in [3.8, 4) is 11.5 Å². The van der Waals surface area contributed by atoms with Gasteiger partial charge in [-0.3, -0.25) is 0 Å². The number of halogens is 1. The summed E-state index contributed by atoms with van der Waals surface area (Å²) in [4.78, 5) is 0. The van der Waals surface area contributed by atoms with Gasteiger partial charge in [-0.25, -0.2) is 4.39 Å². The van der Waals surface area contributed by atoms with Gasteiger partial charge in [-0.1, -0.05) is 30.3 Å². The van der Waals surface area contributed by atoms with E-state index in [-0.39, 0.29) is 18.0 Å². The van der Waals surface area contributed by atoms with E-state index in [9.17, 15) is 9.50 Å². The van der Waals surface area contributed by atoms with Crippen LogP contribution in [0.15, 0.2) is 42.5 Å². The van der Waals surface area contributed by atoms with Crippen molar-refractivity contribution >= 4 is 0 Å². The van der Waals surface area contributed by atoms with E-state index >= 15 is 0 Å². The van der Waals surface area contributed by atoms with Crippen molar-refractivity contribution < 1.29 is 19.0 Å². The maximum atomic E-state index is 14.0. The van der Waals surface area contributed by atoms with Crippen LogP contribution in [-0.4, -0.2) is 23.4 Å². The van der Waals surface area contributed by atoms with Crippen molar-refractivity contribution in [3.63, 3.8) is 0 Å². The zero-order valence-electron chi connectivity index (χ0n) is 17.5. The third kappa shape index (κ3) is 3.69. The lowest BCUT2D eigenvalue weighted by molar-refractivity contribution is -0.142. The first-order chi connectivity index (χ1) is 14.5. The summed E-state index contributed by atoms with van der Waals surface area (Å²) >= 11 is 0. The third-order valence-corrected chi connectivity index (χ3v) is 7.29. The Labute approximate surface area is 177 Å². The fourth-order valence-corrected chi connectivity index (χ4v) is 6.49. The van der Waals surface area contributed by atoms with E-state index in [2.05, 4.69) is 5.32 Å². The van der Waals surface area contributed by atoms with Crippen LogP contribution in [0, 0.1) is 17.7 Å². The van der Waals surface area contributed by atoms with Crippen LogP contribution in [0.1, 0.15) is 49.7 Å². The molecule has 30 heavy (non-hydrogen) atoms. The fourth-order valence-electron chi connectivity index (χ4n) is 6.49. The van der Waals surface area contributed by atoms with Gasteiger partial charge in [-0.2, -0.15) is 0 Å². The second-order valence-electron chi connectivity index (χ2n) is 9.65. The Bertz CT molecular complexity index is 916. The van der Waals surface area contributed by atoms with E-state index in [0.29, 0.717) is 35.4 Å². The summed E-state index contributed by atoms with van der Waals surface area (Å²) in [6, 6.07) is 12.5. The predicted octanol–water partition coefficient (Wildman–Crippen LogP) is 4.59. The summed E-state index contributed by atoms with van der Waals surface area (Å²) in [7, 11) is 1.62. The number of nitrogens with one attached hydrogen (secondary N) is 1. The molecule has 5 heteroatoms. The molecular formula is C25H30FNO3. The molecule has 2 N–H and O–H groups in total. The first-order valence-corrected chi connectivity index (χ1v) is 11.0. The molecule has 0 radical (unpaired) electrons. The van der Waals surface area contributed by atoms with Crippen LogP contribution in [0.3, 0.4) is 0 Å². The van der Waals surface area contributed by atoms with E-state index in [4.69, 9.17) is 9.47 Å². The van der Waals surface area contributed by atoms with E-state index in [0.717, 1.165) is 37.7 Å². The van der Waals surface area contributed by atoms with Gasteiger partial charge in [-0.05, 0) is 62.5 Å². The van der Waals surface area contributed by atoms with Crippen LogP contribution in [0.5, 0.6) is 11.5 Å². The minimum Gasteiger partial charge on any atom is -0.493 e. The smallest absolute Gasteiger partial charge is 0.166 e. The predicted molar refractivity (Wildman–Crippen MR) is 113 cm³/mol. The van der Waals surface area contributed by atoms with Gasteiger partial charge in [-0.15, -0.1) is 0 Å². The fraction of sp³-hybridized carbons (Fsp3) is 0.520. The van der Waals surface area contributed by atoms with E-state index in [1.807, 2.05) is 24.3 Å². The van der Waals surface area contributed by atoms with Gasteiger partial charge in [0.25, 0.3) is 0 Å². The number of benzene rings is 2. The molecule has 0 heterocycles. The number of hydrogen-bond acceptors (Lipinski definition) is 4. The van der Waals surface area contributed by atoms with Gasteiger partial charge >= 0.3 is 0 Å². The highest BCUT2D eigenvalue weighted by molar-refractivity contribution is 5.47. The van der Waals surface area contributed by atoms with Crippen molar-refractivity contribution in [2.75, 3.05) is 7.11 Å². The van der Waals surface area contributed by atoms with Crippen LogP contribution in [0.4, 0.5) is 4.39 Å². The third-order valence-electron chi connectivity index (χ3n) is 7.29. The Morgan fingerprint density at radius 3 is 2.47 bits per heavy atom. The average molecular weight is 412 g/mol. The molecule has 2 atom stereocenters. The highest BCUT2D eigenvalue weighted by atomic mass is 19.1. The normalized spacial score (nSPS) is 31.7. The Kier molecular flexibility index (Phi) is 4.98. The second-order valence-corrected chi connectivity index (χ2v) is 9.65. The molecular weight excluding hydrogens is 381 g/mol. The monoisotopic (exact) mass is 411 g/mol. The zero-order valence-corrected chi connectivity index (χ0v) is 17.5. The molecule has 0 amide bonds. The molecule has 0 spiro atoms. The summed E-state index contributed by atoms with van der Waals surface area (Å²) in [5.74, 6) is 2.29. The van der Waals surface area contributed by atoms with Gasteiger partial charge in [0.15, 0.2) is 11.5 Å². The zero-order chi connectivity index (χ0) is 20.8. The number of ether oxygens (including phenoxy) is 2. The lowest BCUT2D eigenvalue weighted by atomic mass is 9.51.